The highest BCUT2D eigenvalue weighted by Gasteiger charge is 2.34. The quantitative estimate of drug-likeness (QED) is 0.239. The summed E-state index contributed by atoms with van der Waals surface area (Å²) in [6, 6.07) is 0. The first-order valence-electron chi connectivity index (χ1n) is 17.1. The minimum atomic E-state index is 0.481. The highest BCUT2D eigenvalue weighted by Crippen LogP contribution is 2.47. The van der Waals surface area contributed by atoms with Gasteiger partial charge in [0.15, 0.2) is 0 Å². The molecular weight excluding hydrogens is 575 g/mol. The predicted molar refractivity (Wildman–Crippen MR) is 180 cm³/mol. The van der Waals surface area contributed by atoms with Crippen LogP contribution in [-0.2, 0) is 3.07 Å². The molecule has 0 aromatic rings. The zero-order chi connectivity index (χ0) is 28.8. The third-order valence-corrected chi connectivity index (χ3v) is 12.8. The lowest BCUT2D eigenvalue weighted by Gasteiger charge is -2.40. The first kappa shape index (κ1) is 36.7. The maximum absolute atomic E-state index is 5.59. The van der Waals surface area contributed by atoms with Gasteiger partial charge in [0.25, 0.3) is 0 Å². The van der Waals surface area contributed by atoms with Crippen molar-refractivity contribution in [3.63, 3.8) is 0 Å². The summed E-state index contributed by atoms with van der Waals surface area (Å²) < 4.78 is 5.59. The predicted octanol–water partition coefficient (Wildman–Crippen LogP) is 13.7. The van der Waals surface area contributed by atoms with Gasteiger partial charge in [-0.05, 0) is 91.3 Å². The lowest BCUT2D eigenvalue weighted by atomic mass is 9.65. The molecule has 1 rings (SSSR count). The number of hydrogen-bond donors (Lipinski definition) is 0. The molecule has 1 saturated carbocycles. The van der Waals surface area contributed by atoms with Gasteiger partial charge in [-0.15, -0.1) is 0 Å². The molecule has 5 unspecified atom stereocenters. The van der Waals surface area contributed by atoms with E-state index in [0.717, 1.165) is 6.61 Å². The van der Waals surface area contributed by atoms with E-state index in [-0.39, 0.29) is 0 Å². The summed E-state index contributed by atoms with van der Waals surface area (Å²) in [5.74, 6) is 0. The first-order valence-corrected chi connectivity index (χ1v) is 18.0. The van der Waals surface area contributed by atoms with Crippen LogP contribution in [0.5, 0.6) is 0 Å². The fraction of sp³-hybridized carbons (Fsp3) is 1.00. The summed E-state index contributed by atoms with van der Waals surface area (Å²) in [4.78, 5) is 0. The van der Waals surface area contributed by atoms with Crippen LogP contribution < -0.4 is 0 Å². The van der Waals surface area contributed by atoms with Gasteiger partial charge in [-0.3, -0.25) is 0 Å². The van der Waals surface area contributed by atoms with Crippen LogP contribution in [0.15, 0.2) is 0 Å². The van der Waals surface area contributed by atoms with E-state index in [1.165, 1.54) is 135 Å². The van der Waals surface area contributed by atoms with E-state index in [2.05, 4.69) is 85.3 Å². The molecule has 1 fully saturated rings. The molecule has 0 aromatic heterocycles. The third-order valence-electron chi connectivity index (χ3n) is 12.3. The Morgan fingerprint density at radius 2 is 0.816 bits per heavy atom. The monoisotopic (exact) mass is 646 g/mol. The Morgan fingerprint density at radius 1 is 0.474 bits per heavy atom. The Bertz CT molecular complexity index is 620. The summed E-state index contributed by atoms with van der Waals surface area (Å²) in [5, 5.41) is 0. The first-order chi connectivity index (χ1) is 17.9. The van der Waals surface area contributed by atoms with Crippen molar-refractivity contribution in [1.82, 2.24) is 0 Å². The topological polar surface area (TPSA) is 9.23 Å². The maximum atomic E-state index is 5.59. The van der Waals surface area contributed by atoms with Crippen LogP contribution in [0.25, 0.3) is 0 Å². The van der Waals surface area contributed by atoms with Crippen molar-refractivity contribution < 1.29 is 3.07 Å². The van der Waals surface area contributed by atoms with Gasteiger partial charge in [-0.25, -0.2) is 0 Å². The summed E-state index contributed by atoms with van der Waals surface area (Å²) in [7, 11) is 0. The molecular formula is C36H71IO. The van der Waals surface area contributed by atoms with E-state index >= 15 is 0 Å². The average Bonchev–Trinajstić information content (AvgIpc) is 2.91. The fourth-order valence-corrected chi connectivity index (χ4v) is 8.14. The molecule has 0 aromatic carbocycles. The number of halogens is 1. The fourth-order valence-electron chi connectivity index (χ4n) is 7.92. The second-order valence-corrected chi connectivity index (χ2v) is 16.0. The maximum Gasteiger partial charge on any atom is 0.109 e. The Morgan fingerprint density at radius 3 is 1.24 bits per heavy atom. The molecule has 0 N–H and O–H groups in total. The van der Waals surface area contributed by atoms with Gasteiger partial charge in [0.1, 0.15) is 23.0 Å². The minimum absolute atomic E-state index is 0.481. The van der Waals surface area contributed by atoms with Gasteiger partial charge < -0.3 is 3.07 Å². The molecule has 0 heterocycles. The molecule has 2 heteroatoms. The Kier molecular flexibility index (Phi) is 17.0. The van der Waals surface area contributed by atoms with Crippen LogP contribution in [0.4, 0.5) is 0 Å². The molecule has 1 nitrogen and oxygen atoms in total. The van der Waals surface area contributed by atoms with Crippen molar-refractivity contribution in [1.29, 1.82) is 0 Å². The number of hydrogen-bond acceptors (Lipinski definition) is 1. The molecule has 0 radical (unpaired) electrons. The molecule has 0 spiro atoms. The van der Waals surface area contributed by atoms with Crippen LogP contribution in [0.3, 0.4) is 0 Å². The van der Waals surface area contributed by atoms with Crippen LogP contribution >= 0.6 is 23.0 Å². The zero-order valence-electron chi connectivity index (χ0n) is 27.8. The van der Waals surface area contributed by atoms with Crippen LogP contribution in [0, 0.1) is 27.1 Å². The molecule has 0 aliphatic heterocycles. The molecule has 0 saturated heterocycles. The van der Waals surface area contributed by atoms with Crippen molar-refractivity contribution in [2.24, 2.45) is 27.1 Å². The lowest BCUT2D eigenvalue weighted by Crippen LogP contribution is -2.28. The highest BCUT2D eigenvalue weighted by molar-refractivity contribution is 14.1. The highest BCUT2D eigenvalue weighted by atomic mass is 127. The lowest BCUT2D eigenvalue weighted by molar-refractivity contribution is 0.111. The van der Waals surface area contributed by atoms with Crippen molar-refractivity contribution in [3.8, 4) is 0 Å². The van der Waals surface area contributed by atoms with Gasteiger partial charge in [0.2, 0.25) is 0 Å². The summed E-state index contributed by atoms with van der Waals surface area (Å²) in [6.07, 6.45) is 29.0. The Hall–Kier alpha value is 0.690. The van der Waals surface area contributed by atoms with Crippen molar-refractivity contribution >= 4 is 23.0 Å². The second-order valence-electron chi connectivity index (χ2n) is 15.4. The third kappa shape index (κ3) is 12.7. The van der Waals surface area contributed by atoms with Crippen LogP contribution in [-0.4, -0.2) is 6.61 Å². The van der Waals surface area contributed by atoms with Crippen molar-refractivity contribution in [2.45, 2.75) is 197 Å². The van der Waals surface area contributed by atoms with E-state index in [4.69, 9.17) is 3.07 Å². The van der Waals surface area contributed by atoms with Gasteiger partial charge in [-0.2, -0.15) is 0 Å². The smallest absolute Gasteiger partial charge is 0.109 e. The Balaban J connectivity index is 3.10. The number of rotatable bonds is 8. The van der Waals surface area contributed by atoms with Gasteiger partial charge in [0.05, 0.1) is 6.61 Å². The summed E-state index contributed by atoms with van der Waals surface area (Å²) >= 11 is 2.11. The average molecular weight is 647 g/mol. The van der Waals surface area contributed by atoms with E-state index < -0.39 is 0 Å². The SMILES string of the molecule is CCC1(C)CCCCC(CC)(CCOI)CCCC(C)(CC)CCCCC(C)(CC)CC(C)(CC)CCC1. The second kappa shape index (κ2) is 17.6. The standard InChI is InChI=1S/C36H71IO/c1-10-32(6)22-17-18-27-36(14-5,29-30-38-37)28-20-25-33(7,11-2)21-15-16-23-34(8,12-3)31-35(9,13-4)26-19-24-32/h10-31H2,1-9H3. The summed E-state index contributed by atoms with van der Waals surface area (Å²) in [5.41, 5.74) is 2.52. The normalized spacial score (nSPS) is 38.1. The van der Waals surface area contributed by atoms with E-state index in [1.807, 2.05) is 0 Å². The van der Waals surface area contributed by atoms with Crippen LogP contribution in [0.2, 0.25) is 0 Å². The largest absolute Gasteiger partial charge is 0.316 e. The van der Waals surface area contributed by atoms with E-state index in [9.17, 15) is 0 Å². The molecule has 1 aliphatic rings. The molecule has 228 valence electrons. The van der Waals surface area contributed by atoms with E-state index in [0.29, 0.717) is 27.1 Å². The van der Waals surface area contributed by atoms with Gasteiger partial charge >= 0.3 is 0 Å². The van der Waals surface area contributed by atoms with Crippen molar-refractivity contribution in [3.05, 3.63) is 0 Å². The minimum Gasteiger partial charge on any atom is -0.316 e. The molecule has 0 amide bonds. The molecule has 38 heavy (non-hydrogen) atoms. The summed E-state index contributed by atoms with van der Waals surface area (Å²) in [6.45, 7) is 23.6. The Labute approximate surface area is 255 Å². The van der Waals surface area contributed by atoms with Crippen molar-refractivity contribution in [2.75, 3.05) is 6.61 Å². The van der Waals surface area contributed by atoms with Gasteiger partial charge in [0, 0.05) is 0 Å². The van der Waals surface area contributed by atoms with Gasteiger partial charge in [-0.1, -0.05) is 133 Å². The van der Waals surface area contributed by atoms with Crippen LogP contribution in [0.1, 0.15) is 197 Å². The van der Waals surface area contributed by atoms with E-state index in [1.54, 1.807) is 0 Å². The molecule has 5 atom stereocenters. The molecule has 0 bridgehead atoms. The zero-order valence-corrected chi connectivity index (χ0v) is 30.0. The molecule has 1 aliphatic carbocycles.